The third kappa shape index (κ3) is 5.88. The van der Waals surface area contributed by atoms with Crippen LogP contribution in [-0.4, -0.2) is 18.2 Å². The second-order valence-corrected chi connectivity index (χ2v) is 5.86. The summed E-state index contributed by atoms with van der Waals surface area (Å²) in [5.41, 5.74) is 2.29. The lowest BCUT2D eigenvalue weighted by atomic mass is 10.2. The summed E-state index contributed by atoms with van der Waals surface area (Å²) in [6.45, 7) is 2.74. The molecule has 0 bridgehead atoms. The van der Waals surface area contributed by atoms with E-state index in [1.165, 1.54) is 10.5 Å². The van der Waals surface area contributed by atoms with Crippen LogP contribution in [-0.2, 0) is 4.79 Å². The van der Waals surface area contributed by atoms with E-state index in [0.29, 0.717) is 6.54 Å². The Hall–Kier alpha value is -2.00. The molecule has 0 radical (unpaired) electrons. The summed E-state index contributed by atoms with van der Waals surface area (Å²) in [6, 6.07) is 18.2. The first-order valence-corrected chi connectivity index (χ1v) is 7.93. The van der Waals surface area contributed by atoms with Crippen molar-refractivity contribution in [3.8, 4) is 0 Å². The van der Waals surface area contributed by atoms with Crippen molar-refractivity contribution in [2.75, 3.05) is 12.3 Å². The predicted octanol–water partition coefficient (Wildman–Crippen LogP) is 3.92. The van der Waals surface area contributed by atoms with E-state index in [1.807, 2.05) is 36.4 Å². The fourth-order valence-electron chi connectivity index (χ4n) is 1.77. The fraction of sp³-hybridized carbons (Fsp3) is 0.167. The molecule has 0 heterocycles. The van der Waals surface area contributed by atoms with Gasteiger partial charge in [-0.1, -0.05) is 48.0 Å². The summed E-state index contributed by atoms with van der Waals surface area (Å²) in [6.07, 6.45) is 3.40. The molecule has 2 aromatic rings. The Bertz CT molecular complexity index is 590. The van der Waals surface area contributed by atoms with Gasteiger partial charge in [0.2, 0.25) is 5.91 Å². The minimum Gasteiger partial charge on any atom is -0.352 e. The number of nitrogens with one attached hydrogen (secondary N) is 1. The molecular weight excluding hydrogens is 278 g/mol. The molecular formula is C18H19NOS. The molecule has 0 atom stereocenters. The molecule has 108 valence electrons. The first-order chi connectivity index (χ1) is 10.2. The highest BCUT2D eigenvalue weighted by molar-refractivity contribution is 7.99. The molecule has 0 saturated carbocycles. The molecule has 0 aliphatic carbocycles. The summed E-state index contributed by atoms with van der Waals surface area (Å²) >= 11 is 1.75. The van der Waals surface area contributed by atoms with Gasteiger partial charge in [-0.3, -0.25) is 4.79 Å². The molecule has 0 saturated heterocycles. The van der Waals surface area contributed by atoms with Crippen molar-refractivity contribution >= 4 is 23.7 Å². The van der Waals surface area contributed by atoms with Crippen LogP contribution in [0, 0.1) is 6.92 Å². The van der Waals surface area contributed by atoms with E-state index in [9.17, 15) is 4.79 Å². The van der Waals surface area contributed by atoms with Crippen molar-refractivity contribution in [3.63, 3.8) is 0 Å². The Morgan fingerprint density at radius 3 is 2.52 bits per heavy atom. The molecule has 0 aliphatic rings. The van der Waals surface area contributed by atoms with E-state index in [-0.39, 0.29) is 5.91 Å². The van der Waals surface area contributed by atoms with Crippen LogP contribution in [0.3, 0.4) is 0 Å². The third-order valence-corrected chi connectivity index (χ3v) is 3.93. The Balaban J connectivity index is 1.67. The predicted molar refractivity (Wildman–Crippen MR) is 90.4 cm³/mol. The Morgan fingerprint density at radius 2 is 1.81 bits per heavy atom. The number of thioether (sulfide) groups is 1. The number of hydrogen-bond donors (Lipinski definition) is 1. The van der Waals surface area contributed by atoms with Crippen LogP contribution in [0.5, 0.6) is 0 Å². The molecule has 0 aliphatic heterocycles. The minimum absolute atomic E-state index is 0.0524. The van der Waals surface area contributed by atoms with Crippen molar-refractivity contribution in [1.29, 1.82) is 0 Å². The molecule has 0 aromatic heterocycles. The lowest BCUT2D eigenvalue weighted by Crippen LogP contribution is -2.23. The highest BCUT2D eigenvalue weighted by Gasteiger charge is 1.97. The normalized spacial score (nSPS) is 10.7. The quantitative estimate of drug-likeness (QED) is 0.497. The standard InChI is InChI=1S/C18H19NOS/c1-15-7-10-17(11-8-15)21-14-13-19-18(20)12-9-16-5-3-2-4-6-16/h2-12H,13-14H2,1H3,(H,19,20). The van der Waals surface area contributed by atoms with Gasteiger partial charge in [0.1, 0.15) is 0 Å². The lowest BCUT2D eigenvalue weighted by Gasteiger charge is -2.03. The average Bonchev–Trinajstić information content (AvgIpc) is 2.52. The van der Waals surface area contributed by atoms with Crippen LogP contribution in [0.25, 0.3) is 6.08 Å². The molecule has 2 rings (SSSR count). The molecule has 0 fully saturated rings. The van der Waals surface area contributed by atoms with Gasteiger partial charge in [0.05, 0.1) is 0 Å². The van der Waals surface area contributed by atoms with Gasteiger partial charge in [-0.25, -0.2) is 0 Å². The van der Waals surface area contributed by atoms with Gasteiger partial charge < -0.3 is 5.32 Å². The highest BCUT2D eigenvalue weighted by atomic mass is 32.2. The highest BCUT2D eigenvalue weighted by Crippen LogP contribution is 2.17. The maximum Gasteiger partial charge on any atom is 0.244 e. The van der Waals surface area contributed by atoms with Gasteiger partial charge in [-0.05, 0) is 30.7 Å². The zero-order chi connectivity index (χ0) is 14.9. The monoisotopic (exact) mass is 297 g/mol. The van der Waals surface area contributed by atoms with Crippen molar-refractivity contribution in [1.82, 2.24) is 5.32 Å². The lowest BCUT2D eigenvalue weighted by molar-refractivity contribution is -0.116. The maximum atomic E-state index is 11.7. The number of aryl methyl sites for hydroxylation is 1. The van der Waals surface area contributed by atoms with E-state index in [1.54, 1.807) is 17.8 Å². The third-order valence-electron chi connectivity index (χ3n) is 2.92. The van der Waals surface area contributed by atoms with E-state index in [2.05, 4.69) is 36.5 Å². The number of carbonyl (C=O) groups excluding carboxylic acids is 1. The van der Waals surface area contributed by atoms with Gasteiger partial charge in [0.25, 0.3) is 0 Å². The second-order valence-electron chi connectivity index (χ2n) is 4.70. The summed E-state index contributed by atoms with van der Waals surface area (Å²) in [5, 5.41) is 2.89. The number of rotatable bonds is 6. The Labute approximate surface area is 130 Å². The Kier molecular flexibility index (Phi) is 6.10. The van der Waals surface area contributed by atoms with Crippen molar-refractivity contribution in [2.45, 2.75) is 11.8 Å². The summed E-state index contributed by atoms with van der Waals surface area (Å²) in [5.74, 6) is 0.817. The number of hydrogen-bond acceptors (Lipinski definition) is 2. The van der Waals surface area contributed by atoms with Gasteiger partial charge >= 0.3 is 0 Å². The van der Waals surface area contributed by atoms with Crippen molar-refractivity contribution in [2.24, 2.45) is 0 Å². The smallest absolute Gasteiger partial charge is 0.244 e. The minimum atomic E-state index is -0.0524. The molecule has 0 spiro atoms. The van der Waals surface area contributed by atoms with Crippen LogP contribution in [0.2, 0.25) is 0 Å². The van der Waals surface area contributed by atoms with Crippen molar-refractivity contribution in [3.05, 3.63) is 71.8 Å². The van der Waals surface area contributed by atoms with E-state index >= 15 is 0 Å². The van der Waals surface area contributed by atoms with Gasteiger partial charge in [-0.2, -0.15) is 0 Å². The molecule has 1 N–H and O–H groups in total. The molecule has 1 amide bonds. The van der Waals surface area contributed by atoms with Crippen LogP contribution in [0.1, 0.15) is 11.1 Å². The van der Waals surface area contributed by atoms with Crippen molar-refractivity contribution < 1.29 is 4.79 Å². The molecule has 21 heavy (non-hydrogen) atoms. The number of carbonyl (C=O) groups is 1. The largest absolute Gasteiger partial charge is 0.352 e. The first-order valence-electron chi connectivity index (χ1n) is 6.94. The first kappa shape index (κ1) is 15.4. The fourth-order valence-corrected chi connectivity index (χ4v) is 2.54. The van der Waals surface area contributed by atoms with E-state index in [4.69, 9.17) is 0 Å². The molecule has 2 aromatic carbocycles. The molecule has 0 unspecified atom stereocenters. The van der Waals surface area contributed by atoms with Crippen LogP contribution >= 0.6 is 11.8 Å². The average molecular weight is 297 g/mol. The zero-order valence-corrected chi connectivity index (χ0v) is 12.9. The van der Waals surface area contributed by atoms with Crippen LogP contribution in [0.15, 0.2) is 65.6 Å². The molecule has 2 nitrogen and oxygen atoms in total. The number of benzene rings is 2. The SMILES string of the molecule is Cc1ccc(SCCNC(=O)C=Cc2ccccc2)cc1. The van der Waals surface area contributed by atoms with Crippen LogP contribution < -0.4 is 5.32 Å². The number of amides is 1. The van der Waals surface area contributed by atoms with Gasteiger partial charge in [0.15, 0.2) is 0 Å². The van der Waals surface area contributed by atoms with Gasteiger partial charge in [0, 0.05) is 23.3 Å². The Morgan fingerprint density at radius 1 is 1.10 bits per heavy atom. The van der Waals surface area contributed by atoms with E-state index in [0.717, 1.165) is 11.3 Å². The second kappa shape index (κ2) is 8.32. The van der Waals surface area contributed by atoms with Crippen LogP contribution in [0.4, 0.5) is 0 Å². The van der Waals surface area contributed by atoms with Gasteiger partial charge in [-0.15, -0.1) is 11.8 Å². The summed E-state index contributed by atoms with van der Waals surface area (Å²) < 4.78 is 0. The molecule has 3 heteroatoms. The zero-order valence-electron chi connectivity index (χ0n) is 12.1. The topological polar surface area (TPSA) is 29.1 Å². The van der Waals surface area contributed by atoms with E-state index < -0.39 is 0 Å². The summed E-state index contributed by atoms with van der Waals surface area (Å²) in [7, 11) is 0. The summed E-state index contributed by atoms with van der Waals surface area (Å²) in [4.78, 5) is 12.9. The maximum absolute atomic E-state index is 11.7.